The summed E-state index contributed by atoms with van der Waals surface area (Å²) in [4.78, 5) is 19.7. The predicted molar refractivity (Wildman–Crippen MR) is 87.9 cm³/mol. The Balaban J connectivity index is 1.75. The molecule has 23 heavy (non-hydrogen) atoms. The van der Waals surface area contributed by atoms with Gasteiger partial charge in [-0.25, -0.2) is 9.78 Å². The summed E-state index contributed by atoms with van der Waals surface area (Å²) in [6.07, 6.45) is 2.77. The highest BCUT2D eigenvalue weighted by molar-refractivity contribution is 7.98. The van der Waals surface area contributed by atoms with Gasteiger partial charge < -0.3 is 9.84 Å². The van der Waals surface area contributed by atoms with Crippen LogP contribution in [0.5, 0.6) is 5.88 Å². The van der Waals surface area contributed by atoms with Crippen LogP contribution in [-0.4, -0.2) is 27.7 Å². The number of aromatic nitrogens is 2. The van der Waals surface area contributed by atoms with Gasteiger partial charge in [-0.15, -0.1) is 0 Å². The zero-order chi connectivity index (χ0) is 16.2. The second-order valence-corrected chi connectivity index (χ2v) is 6.49. The molecule has 3 rings (SSSR count). The molecule has 0 aliphatic heterocycles. The standard InChI is InChI=1S/C17H18N2O3S/c1-11-5-7-12(8-6-11)10-23-17-18-14-4-2-3-13(14)16(19-17)22-9-15(20)21/h5-8H,2-4,9-10H2,1H3,(H,20,21). The van der Waals surface area contributed by atoms with Gasteiger partial charge >= 0.3 is 5.97 Å². The van der Waals surface area contributed by atoms with E-state index >= 15 is 0 Å². The minimum atomic E-state index is -0.996. The molecule has 0 spiro atoms. The van der Waals surface area contributed by atoms with Gasteiger partial charge in [0.15, 0.2) is 11.8 Å². The van der Waals surface area contributed by atoms with E-state index in [1.165, 1.54) is 11.1 Å². The zero-order valence-corrected chi connectivity index (χ0v) is 13.7. The summed E-state index contributed by atoms with van der Waals surface area (Å²) in [5, 5.41) is 9.44. The average Bonchev–Trinajstić information content (AvgIpc) is 3.00. The molecule has 1 heterocycles. The quantitative estimate of drug-likeness (QED) is 0.648. The molecule has 5 nitrogen and oxygen atoms in total. The summed E-state index contributed by atoms with van der Waals surface area (Å²) >= 11 is 1.54. The van der Waals surface area contributed by atoms with Crippen LogP contribution in [0.15, 0.2) is 29.4 Å². The smallest absolute Gasteiger partial charge is 0.341 e. The van der Waals surface area contributed by atoms with E-state index in [2.05, 4.69) is 41.2 Å². The lowest BCUT2D eigenvalue weighted by Gasteiger charge is -2.10. The second kappa shape index (κ2) is 7.00. The van der Waals surface area contributed by atoms with Crippen LogP contribution in [-0.2, 0) is 23.4 Å². The number of hydrogen-bond acceptors (Lipinski definition) is 5. The van der Waals surface area contributed by atoms with Gasteiger partial charge in [0.25, 0.3) is 0 Å². The monoisotopic (exact) mass is 330 g/mol. The van der Waals surface area contributed by atoms with Gasteiger partial charge in [0, 0.05) is 11.3 Å². The number of benzene rings is 1. The van der Waals surface area contributed by atoms with Gasteiger partial charge in [-0.3, -0.25) is 0 Å². The molecule has 1 N–H and O–H groups in total. The van der Waals surface area contributed by atoms with Crippen LogP contribution in [0.3, 0.4) is 0 Å². The Hall–Kier alpha value is -2.08. The Labute approximate surface area is 139 Å². The van der Waals surface area contributed by atoms with E-state index in [4.69, 9.17) is 9.84 Å². The molecule has 1 aliphatic carbocycles. The molecule has 0 saturated carbocycles. The minimum Gasteiger partial charge on any atom is -0.479 e. The molecule has 2 aromatic rings. The molecule has 0 atom stereocenters. The number of thioether (sulfide) groups is 1. The third-order valence-corrected chi connectivity index (χ3v) is 4.61. The molecule has 0 fully saturated rings. The highest BCUT2D eigenvalue weighted by atomic mass is 32.2. The molecular weight excluding hydrogens is 312 g/mol. The summed E-state index contributed by atoms with van der Waals surface area (Å²) in [5.74, 6) is 0.211. The first kappa shape index (κ1) is 15.8. The fraction of sp³-hybridized carbons (Fsp3) is 0.353. The van der Waals surface area contributed by atoms with Crippen LogP contribution in [0, 0.1) is 6.92 Å². The number of rotatable bonds is 6. The van der Waals surface area contributed by atoms with Crippen molar-refractivity contribution >= 4 is 17.7 Å². The highest BCUT2D eigenvalue weighted by Crippen LogP contribution is 2.31. The third kappa shape index (κ3) is 4.01. The summed E-state index contributed by atoms with van der Waals surface area (Å²) in [5.41, 5.74) is 4.40. The van der Waals surface area contributed by atoms with E-state index in [0.29, 0.717) is 11.0 Å². The molecule has 1 aliphatic rings. The van der Waals surface area contributed by atoms with Gasteiger partial charge in [0.1, 0.15) is 0 Å². The lowest BCUT2D eigenvalue weighted by atomic mass is 10.2. The summed E-state index contributed by atoms with van der Waals surface area (Å²) in [7, 11) is 0. The molecular formula is C17H18N2O3S. The molecule has 0 unspecified atom stereocenters. The average molecular weight is 330 g/mol. The topological polar surface area (TPSA) is 72.3 Å². The van der Waals surface area contributed by atoms with Crippen molar-refractivity contribution in [3.63, 3.8) is 0 Å². The van der Waals surface area contributed by atoms with Crippen LogP contribution < -0.4 is 4.74 Å². The van der Waals surface area contributed by atoms with Gasteiger partial charge in [0.2, 0.25) is 5.88 Å². The van der Waals surface area contributed by atoms with E-state index in [1.807, 2.05) is 0 Å². The molecule has 0 saturated heterocycles. The van der Waals surface area contributed by atoms with Crippen molar-refractivity contribution in [1.29, 1.82) is 0 Å². The van der Waals surface area contributed by atoms with Crippen molar-refractivity contribution in [2.45, 2.75) is 37.1 Å². The number of nitrogens with zero attached hydrogens (tertiary/aromatic N) is 2. The molecule has 120 valence electrons. The van der Waals surface area contributed by atoms with Crippen molar-refractivity contribution in [2.24, 2.45) is 0 Å². The Morgan fingerprint density at radius 3 is 2.78 bits per heavy atom. The SMILES string of the molecule is Cc1ccc(CSc2nc3c(c(OCC(=O)O)n2)CCC3)cc1. The number of carboxylic acid groups (broad SMARTS) is 1. The van der Waals surface area contributed by atoms with Crippen molar-refractivity contribution < 1.29 is 14.6 Å². The van der Waals surface area contributed by atoms with Crippen molar-refractivity contribution in [3.05, 3.63) is 46.6 Å². The van der Waals surface area contributed by atoms with E-state index < -0.39 is 5.97 Å². The number of hydrogen-bond donors (Lipinski definition) is 1. The van der Waals surface area contributed by atoms with Crippen molar-refractivity contribution in [2.75, 3.05) is 6.61 Å². The van der Waals surface area contributed by atoms with Crippen LogP contribution in [0.25, 0.3) is 0 Å². The predicted octanol–water partition coefficient (Wildman–Crippen LogP) is 3.03. The number of aliphatic carboxylic acids is 1. The zero-order valence-electron chi connectivity index (χ0n) is 12.9. The lowest BCUT2D eigenvalue weighted by molar-refractivity contribution is -0.139. The maximum Gasteiger partial charge on any atom is 0.341 e. The number of aryl methyl sites for hydroxylation is 2. The molecule has 0 bridgehead atoms. The first-order valence-electron chi connectivity index (χ1n) is 7.54. The van der Waals surface area contributed by atoms with Crippen LogP contribution >= 0.6 is 11.8 Å². The van der Waals surface area contributed by atoms with E-state index in [9.17, 15) is 4.79 Å². The fourth-order valence-electron chi connectivity index (χ4n) is 2.52. The van der Waals surface area contributed by atoms with Gasteiger partial charge in [-0.05, 0) is 31.7 Å². The van der Waals surface area contributed by atoms with Gasteiger partial charge in [-0.2, -0.15) is 4.98 Å². The maximum absolute atomic E-state index is 10.7. The highest BCUT2D eigenvalue weighted by Gasteiger charge is 2.21. The van der Waals surface area contributed by atoms with E-state index in [-0.39, 0.29) is 6.61 Å². The van der Waals surface area contributed by atoms with E-state index in [0.717, 1.165) is 36.3 Å². The minimum absolute atomic E-state index is 0.370. The lowest BCUT2D eigenvalue weighted by Crippen LogP contribution is -2.12. The molecule has 0 amide bonds. The van der Waals surface area contributed by atoms with Crippen molar-refractivity contribution in [3.8, 4) is 5.88 Å². The number of ether oxygens (including phenoxy) is 1. The van der Waals surface area contributed by atoms with Crippen molar-refractivity contribution in [1.82, 2.24) is 9.97 Å². The third-order valence-electron chi connectivity index (χ3n) is 3.70. The summed E-state index contributed by atoms with van der Waals surface area (Å²) in [6, 6.07) is 8.36. The van der Waals surface area contributed by atoms with Crippen LogP contribution in [0.2, 0.25) is 0 Å². The molecule has 0 radical (unpaired) electrons. The number of fused-ring (bicyclic) bond motifs is 1. The van der Waals surface area contributed by atoms with Gasteiger partial charge in [-0.1, -0.05) is 41.6 Å². The Morgan fingerprint density at radius 1 is 1.26 bits per heavy atom. The van der Waals surface area contributed by atoms with E-state index in [1.54, 1.807) is 11.8 Å². The van der Waals surface area contributed by atoms with Crippen LogP contribution in [0.1, 0.15) is 28.8 Å². The molecule has 1 aromatic heterocycles. The number of carbonyl (C=O) groups is 1. The largest absolute Gasteiger partial charge is 0.479 e. The second-order valence-electron chi connectivity index (χ2n) is 5.55. The Morgan fingerprint density at radius 2 is 2.04 bits per heavy atom. The number of carboxylic acids is 1. The molecule has 1 aromatic carbocycles. The normalized spacial score (nSPS) is 12.9. The maximum atomic E-state index is 10.7. The fourth-order valence-corrected chi connectivity index (χ4v) is 3.33. The van der Waals surface area contributed by atoms with Crippen LogP contribution in [0.4, 0.5) is 0 Å². The Kier molecular flexibility index (Phi) is 4.81. The Bertz CT molecular complexity index is 717. The van der Waals surface area contributed by atoms with Gasteiger partial charge in [0.05, 0.1) is 5.69 Å². The first-order valence-corrected chi connectivity index (χ1v) is 8.53. The molecule has 6 heteroatoms. The summed E-state index contributed by atoms with van der Waals surface area (Å²) < 4.78 is 5.35. The summed E-state index contributed by atoms with van der Waals surface area (Å²) in [6.45, 7) is 1.69. The first-order chi connectivity index (χ1) is 11.1.